The molecule has 3 heteroatoms. The van der Waals surface area contributed by atoms with Crippen LogP contribution in [-0.4, -0.2) is 12.5 Å². The summed E-state index contributed by atoms with van der Waals surface area (Å²) < 4.78 is 12.6. The third-order valence-electron chi connectivity index (χ3n) is 2.37. The first-order valence-electron chi connectivity index (χ1n) is 5.15. The molecule has 0 spiro atoms. The highest BCUT2D eigenvalue weighted by atomic mass is 19.1. The predicted molar refractivity (Wildman–Crippen MR) is 58.1 cm³/mol. The van der Waals surface area contributed by atoms with Gasteiger partial charge >= 0.3 is 0 Å². The topological polar surface area (TPSA) is 29.1 Å². The summed E-state index contributed by atoms with van der Waals surface area (Å²) in [6, 6.07) is 6.37. The van der Waals surface area contributed by atoms with Crippen molar-refractivity contribution in [3.8, 4) is 0 Å². The fraction of sp³-hybridized carbons (Fsp3) is 0.417. The molecule has 1 rings (SSSR count). The van der Waals surface area contributed by atoms with E-state index < -0.39 is 0 Å². The Hall–Kier alpha value is -1.38. The summed E-state index contributed by atoms with van der Waals surface area (Å²) in [5.74, 6) is 0.0219. The van der Waals surface area contributed by atoms with E-state index in [0.717, 1.165) is 5.56 Å². The Bertz CT molecular complexity index is 321. The minimum absolute atomic E-state index is 0.0453. The molecule has 15 heavy (non-hydrogen) atoms. The van der Waals surface area contributed by atoms with Gasteiger partial charge < -0.3 is 5.32 Å². The van der Waals surface area contributed by atoms with Gasteiger partial charge in [-0.15, -0.1) is 0 Å². The van der Waals surface area contributed by atoms with E-state index in [9.17, 15) is 9.18 Å². The summed E-state index contributed by atoms with van der Waals surface area (Å²) in [4.78, 5) is 11.0. The Kier molecular flexibility index (Phi) is 4.28. The molecule has 0 radical (unpaired) electrons. The third-order valence-corrected chi connectivity index (χ3v) is 2.37. The van der Waals surface area contributed by atoms with Crippen molar-refractivity contribution in [2.45, 2.75) is 26.2 Å². The Morgan fingerprint density at radius 1 is 1.40 bits per heavy atom. The van der Waals surface area contributed by atoms with Crippen molar-refractivity contribution >= 4 is 5.91 Å². The molecule has 0 aromatic heterocycles. The number of rotatable bonds is 4. The lowest BCUT2D eigenvalue weighted by molar-refractivity contribution is -0.120. The molecule has 1 atom stereocenters. The van der Waals surface area contributed by atoms with Crippen LogP contribution in [0.1, 0.15) is 31.7 Å². The molecule has 0 aliphatic rings. The van der Waals surface area contributed by atoms with E-state index >= 15 is 0 Å². The first-order chi connectivity index (χ1) is 7.13. The van der Waals surface area contributed by atoms with Gasteiger partial charge in [-0.1, -0.05) is 26.0 Å². The van der Waals surface area contributed by atoms with E-state index in [1.807, 2.05) is 13.8 Å². The maximum Gasteiger partial charge on any atom is 0.219 e. The highest BCUT2D eigenvalue weighted by Crippen LogP contribution is 2.14. The molecule has 1 N–H and O–H groups in total. The van der Waals surface area contributed by atoms with Crippen molar-refractivity contribution in [1.82, 2.24) is 5.32 Å². The third kappa shape index (κ3) is 3.70. The average Bonchev–Trinajstić information content (AvgIpc) is 2.26. The zero-order chi connectivity index (χ0) is 11.3. The van der Waals surface area contributed by atoms with Crippen molar-refractivity contribution < 1.29 is 9.18 Å². The molecule has 2 nitrogen and oxygen atoms in total. The normalized spacial score (nSPS) is 12.2. The molecule has 1 amide bonds. The highest BCUT2D eigenvalue weighted by Gasteiger charge is 2.06. The maximum atomic E-state index is 12.6. The van der Waals surface area contributed by atoms with Crippen LogP contribution in [0.15, 0.2) is 24.3 Å². The van der Waals surface area contributed by atoms with Gasteiger partial charge in [-0.3, -0.25) is 4.79 Å². The molecular weight excluding hydrogens is 193 g/mol. The average molecular weight is 209 g/mol. The fourth-order valence-corrected chi connectivity index (χ4v) is 1.30. The summed E-state index contributed by atoms with van der Waals surface area (Å²) >= 11 is 0. The second-order valence-corrected chi connectivity index (χ2v) is 3.61. The quantitative estimate of drug-likeness (QED) is 0.810. The molecule has 0 saturated heterocycles. The van der Waals surface area contributed by atoms with Crippen LogP contribution in [0.25, 0.3) is 0 Å². The molecule has 82 valence electrons. The van der Waals surface area contributed by atoms with Crippen molar-refractivity contribution in [2.24, 2.45) is 0 Å². The van der Waals surface area contributed by atoms with Crippen molar-refractivity contribution in [2.75, 3.05) is 6.54 Å². The molecule has 0 aliphatic carbocycles. The lowest BCUT2D eigenvalue weighted by atomic mass is 10.0. The first-order valence-corrected chi connectivity index (χ1v) is 5.15. The van der Waals surface area contributed by atoms with Crippen molar-refractivity contribution in [3.05, 3.63) is 35.6 Å². The maximum absolute atomic E-state index is 12.6. The number of halogens is 1. The lowest BCUT2D eigenvalue weighted by Gasteiger charge is -2.12. The predicted octanol–water partition coefficient (Wildman–Crippen LogP) is 2.46. The summed E-state index contributed by atoms with van der Waals surface area (Å²) in [5, 5.41) is 2.81. The van der Waals surface area contributed by atoms with Crippen molar-refractivity contribution in [3.63, 3.8) is 0 Å². The molecule has 0 heterocycles. The number of carbonyl (C=O) groups excluding carboxylic acids is 1. The molecular formula is C12H16FNO. The molecule has 1 aromatic rings. The Balaban J connectivity index is 2.50. The molecule has 0 saturated carbocycles. The molecule has 0 fully saturated rings. The second kappa shape index (κ2) is 5.49. The van der Waals surface area contributed by atoms with Gasteiger partial charge in [0.15, 0.2) is 0 Å². The zero-order valence-corrected chi connectivity index (χ0v) is 9.09. The minimum atomic E-state index is -0.233. The van der Waals surface area contributed by atoms with Crippen LogP contribution in [0.2, 0.25) is 0 Å². The van der Waals surface area contributed by atoms with Gasteiger partial charge in [0.2, 0.25) is 5.91 Å². The minimum Gasteiger partial charge on any atom is -0.356 e. The Morgan fingerprint density at radius 3 is 2.53 bits per heavy atom. The van der Waals surface area contributed by atoms with Gasteiger partial charge in [0.05, 0.1) is 0 Å². The molecule has 1 unspecified atom stereocenters. The van der Waals surface area contributed by atoms with Crippen LogP contribution in [0.5, 0.6) is 0 Å². The van der Waals surface area contributed by atoms with Crippen LogP contribution < -0.4 is 5.32 Å². The van der Waals surface area contributed by atoms with Gasteiger partial charge in [-0.05, 0) is 23.6 Å². The standard InChI is InChI=1S/C12H16FNO/c1-3-12(15)14-8-9(2)10-4-6-11(13)7-5-10/h4-7,9H,3,8H2,1-2H3,(H,14,15). The van der Waals surface area contributed by atoms with E-state index in [-0.39, 0.29) is 17.6 Å². The Morgan fingerprint density at radius 2 is 2.00 bits per heavy atom. The monoisotopic (exact) mass is 209 g/mol. The van der Waals surface area contributed by atoms with Crippen LogP contribution in [0.3, 0.4) is 0 Å². The van der Waals surface area contributed by atoms with Gasteiger partial charge in [0, 0.05) is 13.0 Å². The van der Waals surface area contributed by atoms with E-state index in [0.29, 0.717) is 13.0 Å². The fourth-order valence-electron chi connectivity index (χ4n) is 1.30. The van der Waals surface area contributed by atoms with E-state index in [2.05, 4.69) is 5.32 Å². The molecule has 0 aliphatic heterocycles. The summed E-state index contributed by atoms with van der Waals surface area (Å²) in [5.41, 5.74) is 1.04. The highest BCUT2D eigenvalue weighted by molar-refractivity contribution is 5.75. The van der Waals surface area contributed by atoms with Crippen molar-refractivity contribution in [1.29, 1.82) is 0 Å². The van der Waals surface area contributed by atoms with Crippen LogP contribution in [0.4, 0.5) is 4.39 Å². The zero-order valence-electron chi connectivity index (χ0n) is 9.09. The lowest BCUT2D eigenvalue weighted by Crippen LogP contribution is -2.26. The number of amides is 1. The number of nitrogens with one attached hydrogen (secondary N) is 1. The molecule has 0 bridgehead atoms. The van der Waals surface area contributed by atoms with Gasteiger partial charge in [0.1, 0.15) is 5.82 Å². The van der Waals surface area contributed by atoms with E-state index in [1.165, 1.54) is 12.1 Å². The van der Waals surface area contributed by atoms with E-state index in [4.69, 9.17) is 0 Å². The Labute approximate surface area is 89.5 Å². The summed E-state index contributed by atoms with van der Waals surface area (Å²) in [6.07, 6.45) is 0.496. The number of benzene rings is 1. The first kappa shape index (κ1) is 11.7. The van der Waals surface area contributed by atoms with Gasteiger partial charge in [-0.25, -0.2) is 4.39 Å². The SMILES string of the molecule is CCC(=O)NCC(C)c1ccc(F)cc1. The van der Waals surface area contributed by atoms with Gasteiger partial charge in [-0.2, -0.15) is 0 Å². The second-order valence-electron chi connectivity index (χ2n) is 3.61. The number of hydrogen-bond donors (Lipinski definition) is 1. The number of hydrogen-bond acceptors (Lipinski definition) is 1. The smallest absolute Gasteiger partial charge is 0.219 e. The summed E-state index contributed by atoms with van der Waals surface area (Å²) in [7, 11) is 0. The van der Waals surface area contributed by atoms with Crippen LogP contribution in [-0.2, 0) is 4.79 Å². The number of carbonyl (C=O) groups is 1. The van der Waals surface area contributed by atoms with Crippen LogP contribution >= 0.6 is 0 Å². The van der Waals surface area contributed by atoms with Crippen LogP contribution in [0, 0.1) is 5.82 Å². The van der Waals surface area contributed by atoms with Gasteiger partial charge in [0.25, 0.3) is 0 Å². The summed E-state index contributed by atoms with van der Waals surface area (Å²) in [6.45, 7) is 4.42. The largest absolute Gasteiger partial charge is 0.356 e. The van der Waals surface area contributed by atoms with E-state index in [1.54, 1.807) is 12.1 Å². The molecule has 1 aromatic carbocycles.